The number of hydrogen-bond acceptors (Lipinski definition) is 5. The molecular weight excluding hydrogens is 361 g/mol. The minimum absolute atomic E-state index is 0.106. The van der Waals surface area contributed by atoms with E-state index in [1.165, 1.54) is 24.3 Å². The van der Waals surface area contributed by atoms with Gasteiger partial charge in [0.25, 0.3) is 5.69 Å². The fourth-order valence-corrected chi connectivity index (χ4v) is 2.22. The number of halogens is 1. The zero-order valence-electron chi connectivity index (χ0n) is 8.78. The van der Waals surface area contributed by atoms with Gasteiger partial charge in [-0.3, -0.25) is 10.1 Å². The van der Waals surface area contributed by atoms with E-state index in [-0.39, 0.29) is 5.69 Å². The molecule has 0 fully saturated rings. The predicted molar refractivity (Wildman–Crippen MR) is 70.7 cm³/mol. The molecule has 0 amide bonds. The minimum atomic E-state index is -3.37. The number of rotatable bonds is 4. The highest BCUT2D eigenvalue weighted by molar-refractivity contribution is 14.1. The van der Waals surface area contributed by atoms with Gasteiger partial charge in [0.05, 0.1) is 4.92 Å². The SMILES string of the molecule is CS(=O)(=O)[C@H](I)[C@@H](O)c1ccc([N+](=O)[O-])cc1. The average Bonchev–Trinajstić information content (AvgIpc) is 2.26. The number of aliphatic hydroxyl groups excluding tert-OH is 1. The Morgan fingerprint density at radius 1 is 1.35 bits per heavy atom. The summed E-state index contributed by atoms with van der Waals surface area (Å²) in [7, 11) is -3.37. The maximum absolute atomic E-state index is 11.2. The molecule has 0 aliphatic carbocycles. The molecule has 0 unspecified atom stereocenters. The first-order valence-corrected chi connectivity index (χ1v) is 7.69. The summed E-state index contributed by atoms with van der Waals surface area (Å²) in [5.74, 6) is 0. The number of nitro benzene ring substituents is 1. The lowest BCUT2D eigenvalue weighted by atomic mass is 10.1. The Kier molecular flexibility index (Phi) is 4.44. The van der Waals surface area contributed by atoms with Crippen LogP contribution in [0.15, 0.2) is 24.3 Å². The zero-order chi connectivity index (χ0) is 13.2. The fraction of sp³-hybridized carbons (Fsp3) is 0.333. The molecule has 1 aromatic carbocycles. The van der Waals surface area contributed by atoms with E-state index in [0.29, 0.717) is 5.56 Å². The summed E-state index contributed by atoms with van der Waals surface area (Å²) >= 11 is 1.63. The summed E-state index contributed by atoms with van der Waals surface area (Å²) in [6, 6.07) is 5.15. The molecular formula is C9H10INO5S. The van der Waals surface area contributed by atoms with Crippen molar-refractivity contribution < 1.29 is 18.4 Å². The molecule has 0 saturated carbocycles. The van der Waals surface area contributed by atoms with Crippen molar-refractivity contribution in [1.29, 1.82) is 0 Å². The molecule has 0 aliphatic rings. The summed E-state index contributed by atoms with van der Waals surface area (Å²) < 4.78 is 21.5. The molecule has 1 rings (SSSR count). The molecule has 8 heteroatoms. The van der Waals surface area contributed by atoms with Crippen LogP contribution in [0.3, 0.4) is 0 Å². The second kappa shape index (κ2) is 5.27. The van der Waals surface area contributed by atoms with Crippen molar-refractivity contribution in [3.05, 3.63) is 39.9 Å². The molecule has 0 saturated heterocycles. The van der Waals surface area contributed by atoms with Crippen molar-refractivity contribution in [3.63, 3.8) is 0 Å². The molecule has 6 nitrogen and oxygen atoms in total. The quantitative estimate of drug-likeness (QED) is 0.374. The van der Waals surface area contributed by atoms with Gasteiger partial charge in [0.15, 0.2) is 9.84 Å². The highest BCUT2D eigenvalue weighted by atomic mass is 127. The number of nitrogens with zero attached hydrogens (tertiary/aromatic N) is 1. The zero-order valence-corrected chi connectivity index (χ0v) is 11.8. The van der Waals surface area contributed by atoms with Crippen molar-refractivity contribution in [2.24, 2.45) is 0 Å². The molecule has 0 heterocycles. The lowest BCUT2D eigenvalue weighted by molar-refractivity contribution is -0.384. The average molecular weight is 371 g/mol. The van der Waals surface area contributed by atoms with Crippen LogP contribution < -0.4 is 0 Å². The van der Waals surface area contributed by atoms with Crippen LogP contribution in [0.1, 0.15) is 11.7 Å². The van der Waals surface area contributed by atoms with Crippen molar-refractivity contribution in [3.8, 4) is 0 Å². The van der Waals surface area contributed by atoms with Crippen molar-refractivity contribution in [2.75, 3.05) is 6.26 Å². The number of sulfone groups is 1. The van der Waals surface area contributed by atoms with E-state index in [9.17, 15) is 23.6 Å². The predicted octanol–water partition coefficient (Wildman–Crippen LogP) is 1.43. The minimum Gasteiger partial charge on any atom is -0.386 e. The molecule has 1 aromatic rings. The van der Waals surface area contributed by atoms with Crippen LogP contribution in [0, 0.1) is 10.1 Å². The first-order chi connectivity index (χ1) is 7.73. The third kappa shape index (κ3) is 3.61. The number of hydrogen-bond donors (Lipinski definition) is 1. The molecule has 0 bridgehead atoms. The molecule has 94 valence electrons. The number of aliphatic hydroxyl groups is 1. The molecule has 17 heavy (non-hydrogen) atoms. The van der Waals surface area contributed by atoms with E-state index in [4.69, 9.17) is 0 Å². The Labute approximate surface area is 112 Å². The van der Waals surface area contributed by atoms with Gasteiger partial charge < -0.3 is 5.11 Å². The molecule has 0 aromatic heterocycles. The van der Waals surface area contributed by atoms with E-state index in [1.54, 1.807) is 22.6 Å². The van der Waals surface area contributed by atoms with Gasteiger partial charge in [0, 0.05) is 18.4 Å². The van der Waals surface area contributed by atoms with Gasteiger partial charge in [-0.2, -0.15) is 0 Å². The van der Waals surface area contributed by atoms with Gasteiger partial charge in [-0.1, -0.05) is 22.6 Å². The van der Waals surface area contributed by atoms with Gasteiger partial charge >= 0.3 is 0 Å². The summed E-state index contributed by atoms with van der Waals surface area (Å²) in [6.07, 6.45) is -0.176. The van der Waals surface area contributed by atoms with Gasteiger partial charge in [-0.05, 0) is 17.7 Å². The van der Waals surface area contributed by atoms with E-state index < -0.39 is 24.1 Å². The van der Waals surface area contributed by atoms with E-state index >= 15 is 0 Å². The molecule has 0 radical (unpaired) electrons. The largest absolute Gasteiger partial charge is 0.386 e. The maximum atomic E-state index is 11.2. The van der Waals surface area contributed by atoms with Crippen LogP contribution >= 0.6 is 22.6 Å². The van der Waals surface area contributed by atoms with Crippen LogP contribution in [0.25, 0.3) is 0 Å². The van der Waals surface area contributed by atoms with E-state index in [2.05, 4.69) is 0 Å². The van der Waals surface area contributed by atoms with E-state index in [0.717, 1.165) is 6.26 Å². The Morgan fingerprint density at radius 3 is 2.18 bits per heavy atom. The van der Waals surface area contributed by atoms with Crippen LogP contribution in [0.4, 0.5) is 5.69 Å². The third-order valence-corrected chi connectivity index (χ3v) is 6.63. The standard InChI is InChI=1S/C9H10INO5S/c1-17(15,16)9(10)8(12)6-2-4-7(5-3-6)11(13)14/h2-5,8-9,12H,1H3/t8-,9-/m0/s1. The summed E-state index contributed by atoms with van der Waals surface area (Å²) in [5, 5.41) is 20.2. The number of nitro groups is 1. The Bertz CT molecular complexity index is 513. The van der Waals surface area contributed by atoms with Crippen molar-refractivity contribution in [1.82, 2.24) is 0 Å². The van der Waals surface area contributed by atoms with Crippen LogP contribution in [0.2, 0.25) is 0 Å². The van der Waals surface area contributed by atoms with Gasteiger partial charge in [-0.15, -0.1) is 0 Å². The van der Waals surface area contributed by atoms with Crippen LogP contribution in [-0.4, -0.2) is 28.0 Å². The number of benzene rings is 1. The molecule has 2 atom stereocenters. The molecule has 0 spiro atoms. The van der Waals surface area contributed by atoms with Gasteiger partial charge in [0.2, 0.25) is 0 Å². The monoisotopic (exact) mass is 371 g/mol. The third-order valence-electron chi connectivity index (χ3n) is 2.10. The van der Waals surface area contributed by atoms with Crippen LogP contribution in [-0.2, 0) is 9.84 Å². The first-order valence-electron chi connectivity index (χ1n) is 4.49. The van der Waals surface area contributed by atoms with Crippen molar-refractivity contribution in [2.45, 2.75) is 9.36 Å². The fourth-order valence-electron chi connectivity index (χ4n) is 1.18. The molecule has 1 N–H and O–H groups in total. The Hall–Kier alpha value is -0.740. The molecule has 0 aliphatic heterocycles. The lowest BCUT2D eigenvalue weighted by Gasteiger charge is -2.15. The van der Waals surface area contributed by atoms with Gasteiger partial charge in [-0.25, -0.2) is 8.42 Å². The summed E-state index contributed by atoms with van der Waals surface area (Å²) in [6.45, 7) is 0. The normalized spacial score (nSPS) is 15.2. The Balaban J connectivity index is 2.98. The van der Waals surface area contributed by atoms with Gasteiger partial charge in [0.1, 0.15) is 9.36 Å². The second-order valence-electron chi connectivity index (χ2n) is 3.47. The van der Waals surface area contributed by atoms with Crippen LogP contribution in [0.5, 0.6) is 0 Å². The number of alkyl halides is 1. The topological polar surface area (TPSA) is 97.5 Å². The highest BCUT2D eigenvalue weighted by Gasteiger charge is 2.27. The highest BCUT2D eigenvalue weighted by Crippen LogP contribution is 2.27. The van der Waals surface area contributed by atoms with E-state index in [1.807, 2.05) is 0 Å². The summed E-state index contributed by atoms with van der Waals surface area (Å²) in [4.78, 5) is 9.86. The summed E-state index contributed by atoms with van der Waals surface area (Å²) in [5.41, 5.74) is 0.228. The Morgan fingerprint density at radius 2 is 1.82 bits per heavy atom. The smallest absolute Gasteiger partial charge is 0.269 e. The second-order valence-corrected chi connectivity index (χ2v) is 7.83. The van der Waals surface area contributed by atoms with Crippen molar-refractivity contribution >= 4 is 38.1 Å². The lowest BCUT2D eigenvalue weighted by Crippen LogP contribution is -2.21. The maximum Gasteiger partial charge on any atom is 0.269 e. The number of non-ortho nitro benzene ring substituents is 1. The first kappa shape index (κ1) is 14.3.